The van der Waals surface area contributed by atoms with Crippen molar-refractivity contribution in [2.75, 3.05) is 11.1 Å². The maximum absolute atomic E-state index is 12.2. The molecule has 0 atom stereocenters. The van der Waals surface area contributed by atoms with E-state index in [-0.39, 0.29) is 11.8 Å². The summed E-state index contributed by atoms with van der Waals surface area (Å²) < 4.78 is 0. The highest BCUT2D eigenvalue weighted by Gasteiger charge is 2.06. The molecule has 0 aliphatic rings. The van der Waals surface area contributed by atoms with Crippen molar-refractivity contribution in [3.8, 4) is 0 Å². The molecule has 0 spiro atoms. The Bertz CT molecular complexity index is 1030. The van der Waals surface area contributed by atoms with Gasteiger partial charge in [-0.2, -0.15) is 5.10 Å². The van der Waals surface area contributed by atoms with Crippen LogP contribution in [0.3, 0.4) is 0 Å². The zero-order chi connectivity index (χ0) is 21.3. The molecule has 0 fully saturated rings. The van der Waals surface area contributed by atoms with Crippen molar-refractivity contribution in [1.29, 1.82) is 0 Å². The number of nitrogens with zero attached hydrogens (tertiary/aromatic N) is 1. The Morgan fingerprint density at radius 1 is 0.867 bits per heavy atom. The minimum absolute atomic E-state index is 0.160. The lowest BCUT2D eigenvalue weighted by Crippen LogP contribution is -2.21. The van der Waals surface area contributed by atoms with Gasteiger partial charge in [0.2, 0.25) is 5.91 Å². The molecule has 0 saturated carbocycles. The molecule has 0 radical (unpaired) electrons. The van der Waals surface area contributed by atoms with Gasteiger partial charge in [0, 0.05) is 16.1 Å². The number of benzene rings is 3. The van der Waals surface area contributed by atoms with Gasteiger partial charge in [-0.1, -0.05) is 48.0 Å². The SMILES string of the molecule is C/C(=N/NC(=O)CSc1ccc(C)cc1)c1ccc(NC(=O)c2ccccc2)cc1. The van der Waals surface area contributed by atoms with Crippen LogP contribution < -0.4 is 10.7 Å². The lowest BCUT2D eigenvalue weighted by Gasteiger charge is -2.07. The summed E-state index contributed by atoms with van der Waals surface area (Å²) >= 11 is 1.47. The van der Waals surface area contributed by atoms with Crippen LogP contribution in [0.2, 0.25) is 0 Å². The molecule has 5 nitrogen and oxygen atoms in total. The standard InChI is InChI=1S/C24H23N3O2S/c1-17-8-14-22(15-9-17)30-16-23(28)27-26-18(2)19-10-12-21(13-11-19)25-24(29)20-6-4-3-5-7-20/h3-15H,16H2,1-2H3,(H,25,29)(H,27,28)/b26-18-. The summed E-state index contributed by atoms with van der Waals surface area (Å²) in [4.78, 5) is 25.3. The van der Waals surface area contributed by atoms with Crippen molar-refractivity contribution in [3.63, 3.8) is 0 Å². The number of rotatable bonds is 7. The first-order valence-corrected chi connectivity index (χ1v) is 10.5. The Labute approximate surface area is 180 Å². The van der Waals surface area contributed by atoms with Crippen LogP contribution in [0.5, 0.6) is 0 Å². The number of amides is 2. The van der Waals surface area contributed by atoms with Crippen LogP contribution in [0, 0.1) is 6.92 Å². The molecule has 0 aliphatic carbocycles. The molecule has 0 bridgehead atoms. The van der Waals surface area contributed by atoms with Gasteiger partial charge in [0.05, 0.1) is 11.5 Å². The van der Waals surface area contributed by atoms with Crippen molar-refractivity contribution < 1.29 is 9.59 Å². The Morgan fingerprint density at radius 2 is 1.53 bits per heavy atom. The second-order valence-corrected chi connectivity index (χ2v) is 7.78. The molecule has 2 N–H and O–H groups in total. The summed E-state index contributed by atoms with van der Waals surface area (Å²) in [5.74, 6) is -0.0247. The molecule has 0 unspecified atom stereocenters. The first kappa shape index (κ1) is 21.3. The number of hydrazone groups is 1. The Kier molecular flexibility index (Phi) is 7.40. The maximum atomic E-state index is 12.2. The van der Waals surface area contributed by atoms with Crippen LogP contribution in [-0.4, -0.2) is 23.3 Å². The molecule has 3 aromatic carbocycles. The van der Waals surface area contributed by atoms with Crippen LogP contribution in [0.4, 0.5) is 5.69 Å². The van der Waals surface area contributed by atoms with Crippen LogP contribution >= 0.6 is 11.8 Å². The van der Waals surface area contributed by atoms with E-state index in [9.17, 15) is 9.59 Å². The zero-order valence-electron chi connectivity index (χ0n) is 16.9. The summed E-state index contributed by atoms with van der Waals surface area (Å²) in [5.41, 5.74) is 6.62. The fourth-order valence-corrected chi connectivity index (χ4v) is 3.30. The number of aryl methyl sites for hydroxylation is 1. The van der Waals surface area contributed by atoms with Crippen molar-refractivity contribution in [2.45, 2.75) is 18.7 Å². The van der Waals surface area contributed by atoms with Crippen molar-refractivity contribution in [2.24, 2.45) is 5.10 Å². The number of nitrogens with one attached hydrogen (secondary N) is 2. The normalized spacial score (nSPS) is 11.1. The third-order valence-corrected chi connectivity index (χ3v) is 5.35. The lowest BCUT2D eigenvalue weighted by atomic mass is 10.1. The molecular formula is C24H23N3O2S. The molecule has 30 heavy (non-hydrogen) atoms. The first-order valence-electron chi connectivity index (χ1n) is 9.51. The molecule has 3 rings (SSSR count). The van der Waals surface area contributed by atoms with E-state index in [4.69, 9.17) is 0 Å². The molecule has 152 valence electrons. The van der Waals surface area contributed by atoms with Gasteiger partial charge in [-0.25, -0.2) is 5.43 Å². The Morgan fingerprint density at radius 3 is 2.20 bits per heavy atom. The van der Waals surface area contributed by atoms with E-state index >= 15 is 0 Å². The van der Waals surface area contributed by atoms with Gasteiger partial charge in [-0.3, -0.25) is 9.59 Å². The monoisotopic (exact) mass is 417 g/mol. The largest absolute Gasteiger partial charge is 0.322 e. The summed E-state index contributed by atoms with van der Waals surface area (Å²) in [6.45, 7) is 3.85. The first-order chi connectivity index (χ1) is 14.5. The third kappa shape index (κ3) is 6.32. The molecule has 0 saturated heterocycles. The van der Waals surface area contributed by atoms with Gasteiger partial charge in [-0.05, 0) is 55.8 Å². The number of anilines is 1. The number of carbonyl (C=O) groups is 2. The van der Waals surface area contributed by atoms with Crippen molar-refractivity contribution >= 4 is 35.0 Å². The predicted molar refractivity (Wildman–Crippen MR) is 123 cm³/mol. The van der Waals surface area contributed by atoms with E-state index in [1.165, 1.54) is 17.3 Å². The second-order valence-electron chi connectivity index (χ2n) is 6.73. The Balaban J connectivity index is 1.51. The van der Waals surface area contributed by atoms with Gasteiger partial charge in [0.1, 0.15) is 0 Å². The molecule has 2 amide bonds. The topological polar surface area (TPSA) is 70.6 Å². The van der Waals surface area contributed by atoms with Gasteiger partial charge < -0.3 is 5.32 Å². The second kappa shape index (κ2) is 10.4. The molecule has 0 heterocycles. The van der Waals surface area contributed by atoms with Crippen LogP contribution in [0.15, 0.2) is 88.9 Å². The molecular weight excluding hydrogens is 394 g/mol. The summed E-state index contributed by atoms with van der Waals surface area (Å²) in [6.07, 6.45) is 0. The van der Waals surface area contributed by atoms with Crippen LogP contribution in [0.1, 0.15) is 28.4 Å². The van der Waals surface area contributed by atoms with Gasteiger partial charge in [-0.15, -0.1) is 11.8 Å². The highest BCUT2D eigenvalue weighted by Crippen LogP contribution is 2.18. The fraction of sp³-hybridized carbons (Fsp3) is 0.125. The molecule has 3 aromatic rings. The highest BCUT2D eigenvalue weighted by molar-refractivity contribution is 8.00. The number of hydrogen-bond donors (Lipinski definition) is 2. The Hall–Kier alpha value is -3.38. The third-order valence-electron chi connectivity index (χ3n) is 4.34. The van der Waals surface area contributed by atoms with E-state index < -0.39 is 0 Å². The lowest BCUT2D eigenvalue weighted by molar-refractivity contribution is -0.118. The number of thioether (sulfide) groups is 1. The summed E-state index contributed by atoms with van der Waals surface area (Å²) in [6, 6.07) is 24.4. The van der Waals surface area contributed by atoms with E-state index in [1.54, 1.807) is 12.1 Å². The van der Waals surface area contributed by atoms with Gasteiger partial charge in [0.15, 0.2) is 0 Å². The minimum atomic E-state index is -0.160. The number of carbonyl (C=O) groups excluding carboxylic acids is 2. The van der Waals surface area contributed by atoms with E-state index in [0.717, 1.165) is 10.5 Å². The smallest absolute Gasteiger partial charge is 0.255 e. The molecule has 0 aliphatic heterocycles. The highest BCUT2D eigenvalue weighted by atomic mass is 32.2. The summed E-state index contributed by atoms with van der Waals surface area (Å²) in [7, 11) is 0. The molecule has 6 heteroatoms. The predicted octanol–water partition coefficient (Wildman–Crippen LogP) is 4.88. The zero-order valence-corrected chi connectivity index (χ0v) is 17.7. The minimum Gasteiger partial charge on any atom is -0.322 e. The average Bonchev–Trinajstić information content (AvgIpc) is 2.78. The van der Waals surface area contributed by atoms with Crippen LogP contribution in [0.25, 0.3) is 0 Å². The van der Waals surface area contributed by atoms with E-state index in [1.807, 2.05) is 80.6 Å². The molecule has 0 aromatic heterocycles. The van der Waals surface area contributed by atoms with Crippen molar-refractivity contribution in [1.82, 2.24) is 5.43 Å². The van der Waals surface area contributed by atoms with Crippen LogP contribution in [-0.2, 0) is 4.79 Å². The fourth-order valence-electron chi connectivity index (χ4n) is 2.61. The van der Waals surface area contributed by atoms with Gasteiger partial charge >= 0.3 is 0 Å². The number of hydrogen-bond acceptors (Lipinski definition) is 4. The van der Waals surface area contributed by atoms with E-state index in [0.29, 0.717) is 22.7 Å². The van der Waals surface area contributed by atoms with Crippen molar-refractivity contribution in [3.05, 3.63) is 95.6 Å². The van der Waals surface area contributed by atoms with E-state index in [2.05, 4.69) is 15.8 Å². The quantitative estimate of drug-likeness (QED) is 0.327. The average molecular weight is 418 g/mol. The van der Waals surface area contributed by atoms with Gasteiger partial charge in [0.25, 0.3) is 5.91 Å². The maximum Gasteiger partial charge on any atom is 0.255 e. The summed E-state index contributed by atoms with van der Waals surface area (Å²) in [5, 5.41) is 7.03.